The topological polar surface area (TPSA) is 142 Å². The Bertz CT molecular complexity index is 1140. The number of nitrogens with one attached hydrogen (secondary N) is 1. The first-order chi connectivity index (χ1) is 13.9. The second kappa shape index (κ2) is 6.97. The maximum atomic E-state index is 14.1. The molecular formula is C19H18FN7O2. The summed E-state index contributed by atoms with van der Waals surface area (Å²) in [5.74, 6) is -0.403. The first-order valence-corrected chi connectivity index (χ1v) is 8.77. The van der Waals surface area contributed by atoms with Gasteiger partial charge in [0.05, 0.1) is 42.0 Å². The van der Waals surface area contributed by atoms with E-state index in [1.165, 1.54) is 25.4 Å². The van der Waals surface area contributed by atoms with Crippen molar-refractivity contribution in [1.29, 1.82) is 0 Å². The van der Waals surface area contributed by atoms with Crippen molar-refractivity contribution in [2.75, 3.05) is 18.6 Å². The molecule has 4 rings (SSSR count). The molecule has 3 aromatic rings. The van der Waals surface area contributed by atoms with Gasteiger partial charge in [-0.3, -0.25) is 4.79 Å². The Morgan fingerprint density at radius 3 is 2.79 bits per heavy atom. The predicted octanol–water partition coefficient (Wildman–Crippen LogP) is 1.58. The first kappa shape index (κ1) is 18.5. The third kappa shape index (κ3) is 3.28. The van der Waals surface area contributed by atoms with Crippen LogP contribution >= 0.6 is 0 Å². The fourth-order valence-corrected chi connectivity index (χ4v) is 3.48. The number of hydrogen-bond donors (Lipinski definition) is 3. The summed E-state index contributed by atoms with van der Waals surface area (Å²) < 4.78 is 19.2. The Labute approximate surface area is 165 Å². The Morgan fingerprint density at radius 2 is 2.03 bits per heavy atom. The standard InChI is InChI=1S/C19H18FN7O2/c1-8-15-13(27-19(22)24-8)6-12(25-17(15)28)11-5-9(20)3-4-10(11)14-7-23-16(21)18(26-14)29-2/h3-5,7,12H,6H2,1-2H3,(H2,21,23)(H,25,28)(H2,22,24,27)/t12-/m1/s1. The van der Waals surface area contributed by atoms with E-state index >= 15 is 0 Å². The number of carbonyl (C=O) groups is 1. The van der Waals surface area contributed by atoms with Crippen molar-refractivity contribution < 1.29 is 13.9 Å². The number of hydrogen-bond acceptors (Lipinski definition) is 8. The molecule has 0 unspecified atom stereocenters. The molecule has 10 heteroatoms. The van der Waals surface area contributed by atoms with Crippen LogP contribution in [0, 0.1) is 12.7 Å². The number of methoxy groups -OCH3 is 1. The number of amides is 1. The fraction of sp³-hybridized carbons (Fsp3) is 0.211. The molecule has 1 aliphatic heterocycles. The zero-order valence-corrected chi connectivity index (χ0v) is 15.7. The van der Waals surface area contributed by atoms with Gasteiger partial charge < -0.3 is 21.5 Å². The van der Waals surface area contributed by atoms with Crippen LogP contribution in [0.1, 0.15) is 33.4 Å². The average molecular weight is 395 g/mol. The molecule has 2 aromatic heterocycles. The lowest BCUT2D eigenvalue weighted by Crippen LogP contribution is -2.37. The van der Waals surface area contributed by atoms with Crippen LogP contribution in [0.15, 0.2) is 24.4 Å². The molecule has 1 atom stereocenters. The first-order valence-electron chi connectivity index (χ1n) is 8.77. The van der Waals surface area contributed by atoms with Gasteiger partial charge in [0.1, 0.15) is 5.82 Å². The Balaban J connectivity index is 1.82. The van der Waals surface area contributed by atoms with Crippen molar-refractivity contribution in [1.82, 2.24) is 25.3 Å². The summed E-state index contributed by atoms with van der Waals surface area (Å²) in [7, 11) is 1.43. The van der Waals surface area contributed by atoms with E-state index in [0.29, 0.717) is 40.2 Å². The maximum Gasteiger partial charge on any atom is 0.257 e. The van der Waals surface area contributed by atoms with Gasteiger partial charge in [0.15, 0.2) is 5.82 Å². The number of aromatic nitrogens is 4. The van der Waals surface area contributed by atoms with Gasteiger partial charge in [-0.05, 0) is 30.7 Å². The fourth-order valence-electron chi connectivity index (χ4n) is 3.48. The number of nitrogen functional groups attached to an aromatic ring is 2. The monoisotopic (exact) mass is 395 g/mol. The molecule has 0 aliphatic carbocycles. The highest BCUT2D eigenvalue weighted by Crippen LogP contribution is 2.34. The zero-order chi connectivity index (χ0) is 20.7. The van der Waals surface area contributed by atoms with E-state index in [1.54, 1.807) is 13.0 Å². The van der Waals surface area contributed by atoms with Crippen molar-refractivity contribution >= 4 is 17.7 Å². The minimum absolute atomic E-state index is 0.0864. The number of nitrogens with two attached hydrogens (primary N) is 2. The molecular weight excluding hydrogens is 377 g/mol. The lowest BCUT2D eigenvalue weighted by molar-refractivity contribution is 0.0922. The summed E-state index contributed by atoms with van der Waals surface area (Å²) in [4.78, 5) is 29.4. The lowest BCUT2D eigenvalue weighted by atomic mass is 9.90. The van der Waals surface area contributed by atoms with Crippen LogP contribution in [-0.4, -0.2) is 33.0 Å². The van der Waals surface area contributed by atoms with E-state index < -0.39 is 11.9 Å². The zero-order valence-electron chi connectivity index (χ0n) is 15.7. The number of aryl methyl sites for hydroxylation is 1. The molecule has 5 N–H and O–H groups in total. The Hall–Kier alpha value is -3.82. The molecule has 148 valence electrons. The molecule has 9 nitrogen and oxygen atoms in total. The van der Waals surface area contributed by atoms with Gasteiger partial charge in [0.25, 0.3) is 11.8 Å². The summed E-state index contributed by atoms with van der Waals surface area (Å²) in [5, 5.41) is 2.90. The van der Waals surface area contributed by atoms with Gasteiger partial charge in [-0.2, -0.15) is 0 Å². The molecule has 3 heterocycles. The normalized spacial score (nSPS) is 15.6. The highest BCUT2D eigenvalue weighted by atomic mass is 19.1. The van der Waals surface area contributed by atoms with Crippen molar-refractivity contribution in [2.24, 2.45) is 0 Å². The van der Waals surface area contributed by atoms with E-state index in [1.807, 2.05) is 0 Å². The van der Waals surface area contributed by atoms with E-state index in [4.69, 9.17) is 16.2 Å². The molecule has 0 saturated carbocycles. The predicted molar refractivity (Wildman–Crippen MR) is 103 cm³/mol. The van der Waals surface area contributed by atoms with Crippen molar-refractivity contribution in [2.45, 2.75) is 19.4 Å². The third-order valence-electron chi connectivity index (χ3n) is 4.74. The largest absolute Gasteiger partial charge is 0.478 e. The molecule has 1 aromatic carbocycles. The number of benzene rings is 1. The minimum atomic E-state index is -0.542. The van der Waals surface area contributed by atoms with E-state index in [9.17, 15) is 9.18 Å². The van der Waals surface area contributed by atoms with Crippen molar-refractivity contribution in [3.8, 4) is 17.1 Å². The molecule has 0 fully saturated rings. The van der Waals surface area contributed by atoms with Crippen LogP contribution in [0.3, 0.4) is 0 Å². The SMILES string of the molecule is COc1nc(-c2ccc(F)cc2[C@H]2Cc3nc(N)nc(C)c3C(=O)N2)cnc1N. The summed E-state index contributed by atoms with van der Waals surface area (Å²) in [6.07, 6.45) is 1.79. The number of carbonyl (C=O) groups excluding carboxylic acids is 1. The van der Waals surface area contributed by atoms with Crippen molar-refractivity contribution in [3.05, 3.63) is 52.7 Å². The lowest BCUT2D eigenvalue weighted by Gasteiger charge is -2.27. The van der Waals surface area contributed by atoms with Gasteiger partial charge in [0, 0.05) is 12.0 Å². The quantitative estimate of drug-likeness (QED) is 0.607. The Kier molecular flexibility index (Phi) is 4.45. The second-order valence-electron chi connectivity index (χ2n) is 6.60. The second-order valence-corrected chi connectivity index (χ2v) is 6.60. The molecule has 1 aliphatic rings. The van der Waals surface area contributed by atoms with Gasteiger partial charge >= 0.3 is 0 Å². The third-order valence-corrected chi connectivity index (χ3v) is 4.74. The number of rotatable bonds is 3. The van der Waals surface area contributed by atoms with Crippen LogP contribution in [-0.2, 0) is 6.42 Å². The number of anilines is 2. The van der Waals surface area contributed by atoms with Crippen LogP contribution in [0.2, 0.25) is 0 Å². The summed E-state index contributed by atoms with van der Waals surface area (Å²) in [6.45, 7) is 1.70. The van der Waals surface area contributed by atoms with Crippen LogP contribution in [0.4, 0.5) is 16.2 Å². The highest BCUT2D eigenvalue weighted by Gasteiger charge is 2.31. The highest BCUT2D eigenvalue weighted by molar-refractivity contribution is 5.98. The molecule has 0 bridgehead atoms. The molecule has 0 radical (unpaired) electrons. The molecule has 1 amide bonds. The summed E-state index contributed by atoms with van der Waals surface area (Å²) >= 11 is 0. The average Bonchev–Trinajstić information content (AvgIpc) is 2.67. The van der Waals surface area contributed by atoms with E-state index in [0.717, 1.165) is 0 Å². The number of fused-ring (bicyclic) bond motifs is 1. The Morgan fingerprint density at radius 1 is 1.24 bits per heavy atom. The van der Waals surface area contributed by atoms with Crippen molar-refractivity contribution in [3.63, 3.8) is 0 Å². The van der Waals surface area contributed by atoms with Gasteiger partial charge in [-0.25, -0.2) is 24.3 Å². The maximum absolute atomic E-state index is 14.1. The summed E-state index contributed by atoms with van der Waals surface area (Å²) in [5.41, 5.74) is 14.4. The van der Waals surface area contributed by atoms with Gasteiger partial charge in [-0.1, -0.05) is 0 Å². The minimum Gasteiger partial charge on any atom is -0.478 e. The van der Waals surface area contributed by atoms with Crippen LogP contribution < -0.4 is 21.5 Å². The van der Waals surface area contributed by atoms with E-state index in [2.05, 4.69) is 25.3 Å². The number of ether oxygens (including phenoxy) is 1. The van der Waals surface area contributed by atoms with Crippen LogP contribution in [0.25, 0.3) is 11.3 Å². The molecule has 29 heavy (non-hydrogen) atoms. The molecule has 0 saturated heterocycles. The van der Waals surface area contributed by atoms with Gasteiger partial charge in [0.2, 0.25) is 5.95 Å². The molecule has 0 spiro atoms. The summed E-state index contributed by atoms with van der Waals surface area (Å²) in [6, 6.07) is 3.70. The number of nitrogens with zero attached hydrogens (tertiary/aromatic N) is 4. The van der Waals surface area contributed by atoms with Crippen LogP contribution in [0.5, 0.6) is 5.88 Å². The van der Waals surface area contributed by atoms with E-state index in [-0.39, 0.29) is 23.6 Å². The number of halogens is 1. The van der Waals surface area contributed by atoms with Gasteiger partial charge in [-0.15, -0.1) is 0 Å². The smallest absolute Gasteiger partial charge is 0.257 e.